The van der Waals surface area contributed by atoms with Crippen LogP contribution in [0.2, 0.25) is 0 Å². The Morgan fingerprint density at radius 1 is 0.310 bits per heavy atom. The lowest BCUT2D eigenvalue weighted by atomic mass is 10.0. The molecule has 0 rings (SSSR count). The third kappa shape index (κ3) is 62.6. The van der Waals surface area contributed by atoms with Crippen molar-refractivity contribution in [3.05, 3.63) is 0 Å². The molecule has 0 saturated heterocycles. The SMILES string of the molecule is CCCCCCCCCCCCCCCCCCCCCC(=O)O[C@H](COC(=O)CCCCCCCCCCCCC(C)C)COP(=O)(O)OC[C@@H](O)COP(=O)(O)OC[C@@H](COC(=O)CCCCCCC)OC(=O)CCCCCCCCCCCC. The second kappa shape index (κ2) is 61.6. The fourth-order valence-electron chi connectivity index (χ4n) is 10.3. The first-order valence-electron chi connectivity index (χ1n) is 35.6. The fraction of sp³-hybridized carbons (Fsp3) is 0.941. The molecule has 0 heterocycles. The van der Waals surface area contributed by atoms with Gasteiger partial charge in [0.25, 0.3) is 0 Å². The van der Waals surface area contributed by atoms with Crippen LogP contribution < -0.4 is 0 Å². The molecule has 0 saturated carbocycles. The van der Waals surface area contributed by atoms with E-state index in [1.165, 1.54) is 167 Å². The summed E-state index contributed by atoms with van der Waals surface area (Å²) in [5.74, 6) is -1.38. The number of aliphatic hydroxyl groups is 1. The number of carbonyl (C=O) groups is 4. The Bertz CT molecular complexity index is 1690. The quantitative estimate of drug-likeness (QED) is 0.0222. The smallest absolute Gasteiger partial charge is 0.462 e. The van der Waals surface area contributed by atoms with Gasteiger partial charge in [0.05, 0.1) is 26.4 Å². The Hall–Kier alpha value is -1.94. The lowest BCUT2D eigenvalue weighted by molar-refractivity contribution is -0.161. The molecule has 0 spiro atoms. The molecule has 17 nitrogen and oxygen atoms in total. The van der Waals surface area contributed by atoms with Crippen LogP contribution in [0.1, 0.15) is 349 Å². The zero-order valence-electron chi connectivity index (χ0n) is 56.2. The maximum absolute atomic E-state index is 13.0. The molecule has 0 aliphatic heterocycles. The van der Waals surface area contributed by atoms with Crippen molar-refractivity contribution < 1.29 is 80.2 Å². The number of rotatable bonds is 68. The van der Waals surface area contributed by atoms with Gasteiger partial charge in [-0.15, -0.1) is 0 Å². The average molecular weight is 1280 g/mol. The average Bonchev–Trinajstić information content (AvgIpc) is 3.54. The van der Waals surface area contributed by atoms with Crippen LogP contribution in [-0.2, 0) is 65.4 Å². The second-order valence-corrected chi connectivity index (χ2v) is 27.9. The monoisotopic (exact) mass is 1280 g/mol. The summed E-state index contributed by atoms with van der Waals surface area (Å²) in [5.41, 5.74) is 0. The van der Waals surface area contributed by atoms with E-state index in [2.05, 4.69) is 34.6 Å². The highest BCUT2D eigenvalue weighted by atomic mass is 31.2. The van der Waals surface area contributed by atoms with Crippen LogP contribution in [0.4, 0.5) is 0 Å². The Morgan fingerprint density at radius 3 is 0.782 bits per heavy atom. The van der Waals surface area contributed by atoms with Gasteiger partial charge in [0.2, 0.25) is 0 Å². The van der Waals surface area contributed by atoms with Gasteiger partial charge in [-0.25, -0.2) is 9.13 Å². The van der Waals surface area contributed by atoms with Crippen molar-refractivity contribution in [3.8, 4) is 0 Å². The lowest BCUT2D eigenvalue weighted by Crippen LogP contribution is -2.30. The topological polar surface area (TPSA) is 237 Å². The van der Waals surface area contributed by atoms with Gasteiger partial charge >= 0.3 is 39.5 Å². The summed E-state index contributed by atoms with van der Waals surface area (Å²) in [4.78, 5) is 72.1. The van der Waals surface area contributed by atoms with E-state index >= 15 is 0 Å². The van der Waals surface area contributed by atoms with E-state index in [0.717, 1.165) is 102 Å². The molecule has 0 amide bonds. The summed E-state index contributed by atoms with van der Waals surface area (Å²) in [6.07, 6.45) is 47.6. The van der Waals surface area contributed by atoms with Crippen molar-refractivity contribution in [2.45, 2.75) is 368 Å². The molecular weight excluding hydrogens is 1150 g/mol. The summed E-state index contributed by atoms with van der Waals surface area (Å²) < 4.78 is 68.0. The van der Waals surface area contributed by atoms with Gasteiger partial charge in [0, 0.05) is 25.7 Å². The molecule has 0 aromatic carbocycles. The van der Waals surface area contributed by atoms with E-state index in [4.69, 9.17) is 37.0 Å². The Morgan fingerprint density at radius 2 is 0.529 bits per heavy atom. The number of phosphoric acid groups is 2. The lowest BCUT2D eigenvalue weighted by Gasteiger charge is -2.21. The first kappa shape index (κ1) is 85.1. The van der Waals surface area contributed by atoms with E-state index in [9.17, 15) is 43.2 Å². The number of hydrogen-bond donors (Lipinski definition) is 3. The Balaban J connectivity index is 5.13. The minimum atomic E-state index is -4.95. The fourth-order valence-corrected chi connectivity index (χ4v) is 11.9. The molecule has 0 fully saturated rings. The van der Waals surface area contributed by atoms with E-state index in [1.54, 1.807) is 0 Å². The number of ether oxygens (including phenoxy) is 4. The third-order valence-corrected chi connectivity index (χ3v) is 17.7. The number of unbranched alkanes of at least 4 members (excludes halogenated alkanes) is 40. The van der Waals surface area contributed by atoms with Crippen molar-refractivity contribution in [2.24, 2.45) is 5.92 Å². The van der Waals surface area contributed by atoms with Crippen LogP contribution in [0, 0.1) is 5.92 Å². The molecule has 0 aliphatic carbocycles. The maximum Gasteiger partial charge on any atom is 0.472 e. The number of hydrogen-bond acceptors (Lipinski definition) is 15. The van der Waals surface area contributed by atoms with E-state index in [1.807, 2.05) is 0 Å². The zero-order chi connectivity index (χ0) is 64.2. The number of carbonyl (C=O) groups excluding carboxylic acids is 4. The molecule has 87 heavy (non-hydrogen) atoms. The minimum absolute atomic E-state index is 0.106. The summed E-state index contributed by atoms with van der Waals surface area (Å²) in [6, 6.07) is 0. The normalized spacial score (nSPS) is 14.1. The van der Waals surface area contributed by atoms with Gasteiger partial charge in [-0.3, -0.25) is 37.3 Å². The first-order valence-corrected chi connectivity index (χ1v) is 38.6. The highest BCUT2D eigenvalue weighted by Crippen LogP contribution is 2.45. The van der Waals surface area contributed by atoms with Gasteiger partial charge in [-0.1, -0.05) is 298 Å². The van der Waals surface area contributed by atoms with Crippen LogP contribution in [0.15, 0.2) is 0 Å². The Labute approximate surface area is 530 Å². The predicted octanol–water partition coefficient (Wildman–Crippen LogP) is 19.4. The molecule has 0 aromatic heterocycles. The van der Waals surface area contributed by atoms with Crippen LogP contribution in [0.3, 0.4) is 0 Å². The molecule has 0 bridgehead atoms. The van der Waals surface area contributed by atoms with Crippen molar-refractivity contribution in [1.29, 1.82) is 0 Å². The van der Waals surface area contributed by atoms with E-state index in [-0.39, 0.29) is 25.7 Å². The highest BCUT2D eigenvalue weighted by molar-refractivity contribution is 7.47. The molecule has 0 radical (unpaired) electrons. The first-order chi connectivity index (χ1) is 42.0. The standard InChI is InChI=1S/C68H132O17P2/c1-6-9-12-15-17-19-21-22-23-24-25-26-27-28-29-35-39-44-49-54-68(73)85-64(58-79-66(71)52-47-42-37-34-31-30-32-36-41-45-50-61(4)5)60-83-87(76,77)81-56-62(69)55-80-86(74,75)82-59-63(57-78-65(70)51-46-40-14-11-8-3)84-67(72)53-48-43-38-33-20-18-16-13-10-7-2/h61-64,69H,6-60H2,1-5H3,(H,74,75)(H,76,77)/t62-,63+,64+/m0/s1. The Kier molecular flexibility index (Phi) is 60.2. The molecule has 0 aromatic rings. The highest BCUT2D eigenvalue weighted by Gasteiger charge is 2.30. The van der Waals surface area contributed by atoms with Crippen LogP contribution in [0.5, 0.6) is 0 Å². The summed E-state index contributed by atoms with van der Waals surface area (Å²) in [6.45, 7) is 7.13. The second-order valence-electron chi connectivity index (χ2n) is 25.0. The zero-order valence-corrected chi connectivity index (χ0v) is 57.9. The van der Waals surface area contributed by atoms with Gasteiger partial charge in [-0.05, 0) is 31.6 Å². The summed E-state index contributed by atoms with van der Waals surface area (Å²) in [5, 5.41) is 10.5. The molecular formula is C68H132O17P2. The molecule has 3 N–H and O–H groups in total. The molecule has 516 valence electrons. The van der Waals surface area contributed by atoms with Crippen LogP contribution in [-0.4, -0.2) is 96.7 Å². The number of phosphoric ester groups is 2. The predicted molar refractivity (Wildman–Crippen MR) is 349 cm³/mol. The van der Waals surface area contributed by atoms with Gasteiger partial charge < -0.3 is 33.8 Å². The summed E-state index contributed by atoms with van der Waals surface area (Å²) in [7, 11) is -9.88. The molecule has 2 unspecified atom stereocenters. The largest absolute Gasteiger partial charge is 0.472 e. The third-order valence-electron chi connectivity index (χ3n) is 15.8. The van der Waals surface area contributed by atoms with Crippen molar-refractivity contribution in [3.63, 3.8) is 0 Å². The number of esters is 4. The van der Waals surface area contributed by atoms with Gasteiger partial charge in [-0.2, -0.15) is 0 Å². The van der Waals surface area contributed by atoms with Crippen LogP contribution in [0.25, 0.3) is 0 Å². The van der Waals surface area contributed by atoms with E-state index < -0.39 is 97.5 Å². The molecule has 5 atom stereocenters. The van der Waals surface area contributed by atoms with Gasteiger partial charge in [0.1, 0.15) is 19.3 Å². The summed E-state index contributed by atoms with van der Waals surface area (Å²) >= 11 is 0. The number of aliphatic hydroxyl groups excluding tert-OH is 1. The van der Waals surface area contributed by atoms with Crippen LogP contribution >= 0.6 is 15.6 Å². The maximum atomic E-state index is 13.0. The van der Waals surface area contributed by atoms with Crippen molar-refractivity contribution >= 4 is 39.5 Å². The molecule has 0 aliphatic rings. The van der Waals surface area contributed by atoms with Gasteiger partial charge in [0.15, 0.2) is 12.2 Å². The van der Waals surface area contributed by atoms with Crippen molar-refractivity contribution in [1.82, 2.24) is 0 Å². The van der Waals surface area contributed by atoms with E-state index in [0.29, 0.717) is 25.7 Å². The minimum Gasteiger partial charge on any atom is -0.462 e. The van der Waals surface area contributed by atoms with Crippen molar-refractivity contribution in [2.75, 3.05) is 39.6 Å². The molecule has 19 heteroatoms.